The lowest BCUT2D eigenvalue weighted by molar-refractivity contribution is 0.108. The normalized spacial score (nSPS) is 9.83. The topological polar surface area (TPSA) is 35.5 Å². The van der Waals surface area contributed by atoms with Crippen LogP contribution in [0.15, 0.2) is 48.5 Å². The maximum atomic E-state index is 10.8. The second-order valence-electron chi connectivity index (χ2n) is 3.52. The van der Waals surface area contributed by atoms with Gasteiger partial charge in [-0.1, -0.05) is 29.8 Å². The molecular formula is C14H11ClO3. The van der Waals surface area contributed by atoms with Gasteiger partial charge in [0.25, 0.3) is 0 Å². The van der Waals surface area contributed by atoms with Gasteiger partial charge in [-0.2, -0.15) is 0 Å². The van der Waals surface area contributed by atoms with Crippen LogP contribution < -0.4 is 9.47 Å². The Morgan fingerprint density at radius 1 is 1.06 bits per heavy atom. The van der Waals surface area contributed by atoms with E-state index in [0.717, 1.165) is 6.29 Å². The highest BCUT2D eigenvalue weighted by Crippen LogP contribution is 2.19. The summed E-state index contributed by atoms with van der Waals surface area (Å²) in [5, 5.41) is 0.598. The van der Waals surface area contributed by atoms with Crippen LogP contribution in [-0.4, -0.2) is 13.1 Å². The van der Waals surface area contributed by atoms with Gasteiger partial charge in [0.15, 0.2) is 6.29 Å². The molecule has 0 atom stereocenters. The van der Waals surface area contributed by atoms with Crippen molar-refractivity contribution in [3.63, 3.8) is 0 Å². The Hall–Kier alpha value is -2.00. The van der Waals surface area contributed by atoms with Crippen LogP contribution in [0, 0.1) is 0 Å². The molecule has 0 radical (unpaired) electrons. The molecule has 4 heteroatoms. The molecule has 0 aromatic heterocycles. The minimum absolute atomic E-state index is 0.0190. The van der Waals surface area contributed by atoms with Gasteiger partial charge in [-0.05, 0) is 30.3 Å². The molecule has 0 aliphatic rings. The highest BCUT2D eigenvalue weighted by Gasteiger charge is 2.01. The molecule has 0 fully saturated rings. The largest absolute Gasteiger partial charge is 0.457 e. The van der Waals surface area contributed by atoms with Crippen molar-refractivity contribution >= 4 is 17.9 Å². The fourth-order valence-corrected chi connectivity index (χ4v) is 1.61. The summed E-state index contributed by atoms with van der Waals surface area (Å²) in [6.07, 6.45) is 0.745. The minimum atomic E-state index is 0.0190. The first kappa shape index (κ1) is 12.5. The SMILES string of the molecule is O=Cc1ccccc1OCOc1cccc(Cl)c1. The highest BCUT2D eigenvalue weighted by atomic mass is 35.5. The van der Waals surface area contributed by atoms with Gasteiger partial charge in [-0.25, -0.2) is 0 Å². The van der Waals surface area contributed by atoms with Gasteiger partial charge in [0.1, 0.15) is 11.5 Å². The van der Waals surface area contributed by atoms with Crippen molar-refractivity contribution in [2.24, 2.45) is 0 Å². The summed E-state index contributed by atoms with van der Waals surface area (Å²) in [5.74, 6) is 1.11. The molecule has 0 unspecified atom stereocenters. The third-order valence-electron chi connectivity index (χ3n) is 2.28. The molecule has 0 aliphatic carbocycles. The van der Waals surface area contributed by atoms with Crippen LogP contribution in [0.3, 0.4) is 0 Å². The van der Waals surface area contributed by atoms with Crippen molar-refractivity contribution in [3.05, 3.63) is 59.1 Å². The fourth-order valence-electron chi connectivity index (χ4n) is 1.43. The zero-order valence-electron chi connectivity index (χ0n) is 9.51. The van der Waals surface area contributed by atoms with E-state index >= 15 is 0 Å². The lowest BCUT2D eigenvalue weighted by Crippen LogP contribution is -2.06. The van der Waals surface area contributed by atoms with Crippen molar-refractivity contribution in [1.29, 1.82) is 0 Å². The number of hydrogen-bond acceptors (Lipinski definition) is 3. The van der Waals surface area contributed by atoms with Crippen molar-refractivity contribution < 1.29 is 14.3 Å². The number of carbonyl (C=O) groups excluding carboxylic acids is 1. The molecule has 92 valence electrons. The lowest BCUT2D eigenvalue weighted by atomic mass is 10.2. The number of rotatable bonds is 5. The summed E-state index contributed by atoms with van der Waals surface area (Å²) < 4.78 is 10.7. The van der Waals surface area contributed by atoms with Gasteiger partial charge in [0.05, 0.1) is 5.56 Å². The van der Waals surface area contributed by atoms with E-state index in [1.54, 1.807) is 48.5 Å². The van der Waals surface area contributed by atoms with Crippen molar-refractivity contribution in [2.45, 2.75) is 0 Å². The average Bonchev–Trinajstić information content (AvgIpc) is 2.39. The van der Waals surface area contributed by atoms with Gasteiger partial charge in [-0.15, -0.1) is 0 Å². The maximum absolute atomic E-state index is 10.8. The van der Waals surface area contributed by atoms with Crippen LogP contribution in [0.5, 0.6) is 11.5 Å². The number of para-hydroxylation sites is 1. The van der Waals surface area contributed by atoms with Crippen molar-refractivity contribution in [2.75, 3.05) is 6.79 Å². The molecule has 0 heterocycles. The van der Waals surface area contributed by atoms with E-state index in [-0.39, 0.29) is 6.79 Å². The van der Waals surface area contributed by atoms with Crippen LogP contribution in [0.4, 0.5) is 0 Å². The average molecular weight is 263 g/mol. The van der Waals surface area contributed by atoms with E-state index in [4.69, 9.17) is 21.1 Å². The first-order valence-corrected chi connectivity index (χ1v) is 5.73. The summed E-state index contributed by atoms with van der Waals surface area (Å²) in [6, 6.07) is 14.0. The number of halogens is 1. The van der Waals surface area contributed by atoms with Gasteiger partial charge in [0, 0.05) is 5.02 Å². The van der Waals surface area contributed by atoms with Gasteiger partial charge >= 0.3 is 0 Å². The van der Waals surface area contributed by atoms with Crippen LogP contribution >= 0.6 is 11.6 Å². The smallest absolute Gasteiger partial charge is 0.230 e. The number of ether oxygens (including phenoxy) is 2. The molecule has 2 aromatic rings. The van der Waals surface area contributed by atoms with Crippen molar-refractivity contribution in [3.8, 4) is 11.5 Å². The molecule has 0 amide bonds. The number of hydrogen-bond donors (Lipinski definition) is 0. The van der Waals surface area contributed by atoms with Crippen LogP contribution in [0.2, 0.25) is 5.02 Å². The first-order chi connectivity index (χ1) is 8.79. The first-order valence-electron chi connectivity index (χ1n) is 5.35. The van der Waals surface area contributed by atoms with Crippen molar-refractivity contribution in [1.82, 2.24) is 0 Å². The molecule has 0 N–H and O–H groups in total. The molecule has 0 bridgehead atoms. The van der Waals surface area contributed by atoms with Gasteiger partial charge < -0.3 is 9.47 Å². The summed E-state index contributed by atoms with van der Waals surface area (Å²) in [6.45, 7) is 0.0190. The monoisotopic (exact) mass is 262 g/mol. The molecule has 0 aliphatic heterocycles. The second kappa shape index (κ2) is 6.07. The molecule has 0 saturated heterocycles. The van der Waals surface area contributed by atoms with E-state index in [2.05, 4.69) is 0 Å². The zero-order valence-corrected chi connectivity index (χ0v) is 10.3. The van der Waals surface area contributed by atoms with Gasteiger partial charge in [-0.3, -0.25) is 4.79 Å². The fraction of sp³-hybridized carbons (Fsp3) is 0.0714. The van der Waals surface area contributed by atoms with Crippen LogP contribution in [0.1, 0.15) is 10.4 Å². The second-order valence-corrected chi connectivity index (χ2v) is 3.96. The molecule has 0 saturated carbocycles. The quantitative estimate of drug-likeness (QED) is 0.610. The highest BCUT2D eigenvalue weighted by molar-refractivity contribution is 6.30. The van der Waals surface area contributed by atoms with E-state index in [1.807, 2.05) is 0 Å². The molecule has 2 aromatic carbocycles. The molecule has 18 heavy (non-hydrogen) atoms. The molecule has 0 spiro atoms. The zero-order chi connectivity index (χ0) is 12.8. The Bertz CT molecular complexity index is 540. The Kier molecular flexibility index (Phi) is 4.20. The Balaban J connectivity index is 1.94. The van der Waals surface area contributed by atoms with E-state index in [9.17, 15) is 4.79 Å². The standard InChI is InChI=1S/C14H11ClO3/c15-12-5-3-6-13(8-12)17-10-18-14-7-2-1-4-11(14)9-16/h1-9H,10H2. The number of aldehydes is 1. The van der Waals surface area contributed by atoms with Gasteiger partial charge in [0.2, 0.25) is 6.79 Å². The summed E-state index contributed by atoms with van der Waals surface area (Å²) >= 11 is 5.82. The molecular weight excluding hydrogens is 252 g/mol. The third kappa shape index (κ3) is 3.25. The maximum Gasteiger partial charge on any atom is 0.230 e. The molecule has 3 nitrogen and oxygen atoms in total. The Morgan fingerprint density at radius 2 is 1.89 bits per heavy atom. The predicted octanol–water partition coefficient (Wildman–Crippen LogP) is 3.57. The van der Waals surface area contributed by atoms with Crippen LogP contribution in [-0.2, 0) is 0 Å². The summed E-state index contributed by atoms with van der Waals surface area (Å²) in [5.41, 5.74) is 0.493. The number of carbonyl (C=O) groups is 1. The summed E-state index contributed by atoms with van der Waals surface area (Å²) in [7, 11) is 0. The Labute approximate surface area is 110 Å². The lowest BCUT2D eigenvalue weighted by Gasteiger charge is -2.09. The molecule has 2 rings (SSSR count). The predicted molar refractivity (Wildman–Crippen MR) is 69.4 cm³/mol. The van der Waals surface area contributed by atoms with E-state index in [0.29, 0.717) is 22.1 Å². The van der Waals surface area contributed by atoms with Crippen LogP contribution in [0.25, 0.3) is 0 Å². The summed E-state index contributed by atoms with van der Waals surface area (Å²) in [4.78, 5) is 10.8. The minimum Gasteiger partial charge on any atom is -0.457 e. The van der Waals surface area contributed by atoms with E-state index in [1.165, 1.54) is 0 Å². The number of benzene rings is 2. The Morgan fingerprint density at radius 3 is 2.67 bits per heavy atom. The van der Waals surface area contributed by atoms with E-state index < -0.39 is 0 Å². The third-order valence-corrected chi connectivity index (χ3v) is 2.52.